The first-order chi connectivity index (χ1) is 16.3. The number of carbonyl (C=O) groups excluding carboxylic acids is 2. The molecule has 0 spiro atoms. The minimum Gasteiger partial charge on any atom is -0.326 e. The summed E-state index contributed by atoms with van der Waals surface area (Å²) in [7, 11) is -3.65. The summed E-state index contributed by atoms with van der Waals surface area (Å²) in [5.41, 5.74) is 2.43. The molecule has 8 nitrogen and oxygen atoms in total. The number of amides is 2. The van der Waals surface area contributed by atoms with Crippen molar-refractivity contribution in [1.82, 2.24) is 9.29 Å². The molecule has 4 rings (SSSR count). The number of anilines is 2. The zero-order chi connectivity index (χ0) is 24.1. The predicted molar refractivity (Wildman–Crippen MR) is 130 cm³/mol. The molecule has 1 aliphatic heterocycles. The molecule has 2 aromatic carbocycles. The fraction of sp³-hybridized carbons (Fsp3) is 0.240. The van der Waals surface area contributed by atoms with Crippen LogP contribution in [0.1, 0.15) is 28.9 Å². The molecule has 0 bridgehead atoms. The minimum absolute atomic E-state index is 0.139. The van der Waals surface area contributed by atoms with Crippen molar-refractivity contribution in [3.63, 3.8) is 0 Å². The average molecular weight is 479 g/mol. The summed E-state index contributed by atoms with van der Waals surface area (Å²) in [6.45, 7) is 2.43. The van der Waals surface area contributed by atoms with E-state index in [0.717, 1.165) is 5.56 Å². The molecule has 0 unspecified atom stereocenters. The third-order valence-corrected chi connectivity index (χ3v) is 7.60. The number of aryl methyl sites for hydroxylation is 1. The lowest BCUT2D eigenvalue weighted by Gasteiger charge is -2.31. The first kappa shape index (κ1) is 23.6. The zero-order valence-electron chi connectivity index (χ0n) is 18.8. The van der Waals surface area contributed by atoms with Crippen molar-refractivity contribution >= 4 is 33.2 Å². The standard InChI is InChI=1S/C25H26N4O4S/c1-18-7-13-22(14-8-18)34(32,33)29-16-4-5-19(17-29)24(30)27-20-9-11-21(12-10-20)28-25(31)23-6-2-3-15-26-23/h2-3,6-15,19H,4-5,16-17H2,1H3,(H,27,30)(H,28,31)/t19-/m1/s1. The van der Waals surface area contributed by atoms with Gasteiger partial charge in [0.2, 0.25) is 15.9 Å². The van der Waals surface area contributed by atoms with Crippen LogP contribution >= 0.6 is 0 Å². The third-order valence-electron chi connectivity index (χ3n) is 5.72. The fourth-order valence-electron chi connectivity index (χ4n) is 3.81. The SMILES string of the molecule is Cc1ccc(S(=O)(=O)N2CCC[C@@H](C(=O)Nc3ccc(NC(=O)c4ccccn4)cc3)C2)cc1. The Morgan fingerprint density at radius 2 is 1.62 bits per heavy atom. The van der Waals surface area contributed by atoms with Gasteiger partial charge in [0.05, 0.1) is 10.8 Å². The fourth-order valence-corrected chi connectivity index (χ4v) is 5.33. The Morgan fingerprint density at radius 3 is 2.26 bits per heavy atom. The summed E-state index contributed by atoms with van der Waals surface area (Å²) in [5.74, 6) is -0.999. The summed E-state index contributed by atoms with van der Waals surface area (Å²) >= 11 is 0. The van der Waals surface area contributed by atoms with Crippen LogP contribution in [0.15, 0.2) is 77.8 Å². The molecule has 1 atom stereocenters. The van der Waals surface area contributed by atoms with E-state index in [2.05, 4.69) is 15.6 Å². The van der Waals surface area contributed by atoms with Crippen LogP contribution in [0.4, 0.5) is 11.4 Å². The van der Waals surface area contributed by atoms with Gasteiger partial charge in [0.25, 0.3) is 5.91 Å². The van der Waals surface area contributed by atoms with E-state index in [4.69, 9.17) is 0 Å². The first-order valence-corrected chi connectivity index (χ1v) is 12.5. The van der Waals surface area contributed by atoms with E-state index < -0.39 is 15.9 Å². The highest BCUT2D eigenvalue weighted by Crippen LogP contribution is 2.25. The molecule has 2 amide bonds. The van der Waals surface area contributed by atoms with Gasteiger partial charge in [-0.25, -0.2) is 8.42 Å². The van der Waals surface area contributed by atoms with Gasteiger partial charge in [0.1, 0.15) is 5.69 Å². The summed E-state index contributed by atoms with van der Waals surface area (Å²) in [4.78, 5) is 29.3. The van der Waals surface area contributed by atoms with Crippen LogP contribution in [0.25, 0.3) is 0 Å². The normalized spacial score (nSPS) is 16.6. The van der Waals surface area contributed by atoms with E-state index in [1.165, 1.54) is 4.31 Å². The maximum Gasteiger partial charge on any atom is 0.274 e. The molecule has 0 aliphatic carbocycles. The highest BCUT2D eigenvalue weighted by Gasteiger charge is 2.33. The van der Waals surface area contributed by atoms with Crippen LogP contribution in [-0.2, 0) is 14.8 Å². The van der Waals surface area contributed by atoms with E-state index in [1.54, 1.807) is 72.9 Å². The van der Waals surface area contributed by atoms with Crippen molar-refractivity contribution in [2.45, 2.75) is 24.7 Å². The van der Waals surface area contributed by atoms with Crippen molar-refractivity contribution in [2.75, 3.05) is 23.7 Å². The van der Waals surface area contributed by atoms with Gasteiger partial charge >= 0.3 is 0 Å². The van der Waals surface area contributed by atoms with Crippen LogP contribution in [0.5, 0.6) is 0 Å². The topological polar surface area (TPSA) is 108 Å². The second-order valence-electron chi connectivity index (χ2n) is 8.25. The van der Waals surface area contributed by atoms with Gasteiger partial charge in [-0.15, -0.1) is 0 Å². The van der Waals surface area contributed by atoms with E-state index >= 15 is 0 Å². The second-order valence-corrected chi connectivity index (χ2v) is 10.2. The number of sulfonamides is 1. The molecular formula is C25H26N4O4S. The maximum atomic E-state index is 13.0. The van der Waals surface area contributed by atoms with Gasteiger partial charge in [0, 0.05) is 30.7 Å². The molecule has 0 saturated carbocycles. The number of pyridine rings is 1. The molecule has 34 heavy (non-hydrogen) atoms. The van der Waals surface area contributed by atoms with Gasteiger partial charge in [-0.2, -0.15) is 4.31 Å². The van der Waals surface area contributed by atoms with E-state index in [0.29, 0.717) is 36.5 Å². The Morgan fingerprint density at radius 1 is 0.941 bits per heavy atom. The van der Waals surface area contributed by atoms with Gasteiger partial charge in [-0.1, -0.05) is 23.8 Å². The lowest BCUT2D eigenvalue weighted by Crippen LogP contribution is -2.43. The zero-order valence-corrected chi connectivity index (χ0v) is 19.6. The van der Waals surface area contributed by atoms with Crippen LogP contribution in [0, 0.1) is 12.8 Å². The monoisotopic (exact) mass is 478 g/mol. The third kappa shape index (κ3) is 5.49. The molecule has 0 radical (unpaired) electrons. The Bertz CT molecular complexity index is 1260. The van der Waals surface area contributed by atoms with Crippen molar-refractivity contribution in [2.24, 2.45) is 5.92 Å². The Balaban J connectivity index is 1.36. The van der Waals surface area contributed by atoms with Gasteiger partial charge in [0.15, 0.2) is 0 Å². The largest absolute Gasteiger partial charge is 0.326 e. The lowest BCUT2D eigenvalue weighted by atomic mass is 9.98. The Kier molecular flexibility index (Phi) is 7.04. The molecule has 2 N–H and O–H groups in total. The number of piperidine rings is 1. The second kappa shape index (κ2) is 10.1. The van der Waals surface area contributed by atoms with Gasteiger partial charge < -0.3 is 10.6 Å². The molecule has 1 aromatic heterocycles. The summed E-state index contributed by atoms with van der Waals surface area (Å²) in [6, 6.07) is 18.6. The van der Waals surface area contributed by atoms with Crippen LogP contribution in [-0.4, -0.2) is 42.6 Å². The predicted octanol–water partition coefficient (Wildman–Crippen LogP) is 3.68. The number of nitrogens with zero attached hydrogens (tertiary/aromatic N) is 2. The van der Waals surface area contributed by atoms with E-state index in [-0.39, 0.29) is 23.3 Å². The van der Waals surface area contributed by atoms with Crippen molar-refractivity contribution in [3.05, 3.63) is 84.2 Å². The summed E-state index contributed by atoms with van der Waals surface area (Å²) in [5, 5.41) is 5.61. The molecule has 9 heteroatoms. The van der Waals surface area contributed by atoms with Crippen LogP contribution in [0.3, 0.4) is 0 Å². The molecule has 1 saturated heterocycles. The quantitative estimate of drug-likeness (QED) is 0.562. The molecular weight excluding hydrogens is 452 g/mol. The van der Waals surface area contributed by atoms with Crippen LogP contribution in [0.2, 0.25) is 0 Å². The van der Waals surface area contributed by atoms with Crippen molar-refractivity contribution in [1.29, 1.82) is 0 Å². The number of hydrogen-bond acceptors (Lipinski definition) is 5. The lowest BCUT2D eigenvalue weighted by molar-refractivity contribution is -0.120. The van der Waals surface area contributed by atoms with Crippen LogP contribution < -0.4 is 10.6 Å². The number of rotatable bonds is 6. The molecule has 1 aliphatic rings. The maximum absolute atomic E-state index is 13.0. The van der Waals surface area contributed by atoms with Gasteiger partial charge in [-0.05, 0) is 68.3 Å². The first-order valence-electron chi connectivity index (χ1n) is 11.0. The smallest absolute Gasteiger partial charge is 0.274 e. The average Bonchev–Trinajstić information content (AvgIpc) is 2.86. The number of hydrogen-bond donors (Lipinski definition) is 2. The molecule has 1 fully saturated rings. The number of benzene rings is 2. The Labute approximate surface area is 199 Å². The van der Waals surface area contributed by atoms with Crippen molar-refractivity contribution < 1.29 is 18.0 Å². The number of carbonyl (C=O) groups is 2. The van der Waals surface area contributed by atoms with Gasteiger partial charge in [-0.3, -0.25) is 14.6 Å². The van der Waals surface area contributed by atoms with Crippen molar-refractivity contribution in [3.8, 4) is 0 Å². The number of nitrogens with one attached hydrogen (secondary N) is 2. The highest BCUT2D eigenvalue weighted by molar-refractivity contribution is 7.89. The molecule has 2 heterocycles. The summed E-state index contributed by atoms with van der Waals surface area (Å²) in [6.07, 6.45) is 2.78. The number of aromatic nitrogens is 1. The Hall–Kier alpha value is -3.56. The minimum atomic E-state index is -3.65. The van der Waals surface area contributed by atoms with E-state index in [1.807, 2.05) is 6.92 Å². The molecule has 3 aromatic rings. The molecule has 176 valence electrons. The summed E-state index contributed by atoms with van der Waals surface area (Å²) < 4.78 is 27.4. The highest BCUT2D eigenvalue weighted by atomic mass is 32.2. The van der Waals surface area contributed by atoms with E-state index in [9.17, 15) is 18.0 Å².